The van der Waals surface area contributed by atoms with E-state index in [1.165, 1.54) is 6.07 Å². The van der Waals surface area contributed by atoms with Crippen molar-refractivity contribution in [1.82, 2.24) is 0 Å². The van der Waals surface area contributed by atoms with Gasteiger partial charge in [0, 0.05) is 22.2 Å². The second kappa shape index (κ2) is 3.23. The first-order chi connectivity index (χ1) is 8.83. The first-order valence-electron chi connectivity index (χ1n) is 5.67. The van der Waals surface area contributed by atoms with Crippen LogP contribution in [0, 0.1) is 0 Å². The molecular formula is C15H8O3. The van der Waals surface area contributed by atoms with E-state index >= 15 is 0 Å². The van der Waals surface area contributed by atoms with Crippen LogP contribution in [-0.2, 0) is 0 Å². The highest BCUT2D eigenvalue weighted by atomic mass is 16.4. The van der Waals surface area contributed by atoms with Crippen molar-refractivity contribution >= 4 is 32.9 Å². The molecule has 0 radical (unpaired) electrons. The molecule has 0 amide bonds. The largest absolute Gasteiger partial charge is 0.456 e. The van der Waals surface area contributed by atoms with Gasteiger partial charge in [0.15, 0.2) is 0 Å². The van der Waals surface area contributed by atoms with Crippen molar-refractivity contribution in [2.45, 2.75) is 0 Å². The van der Waals surface area contributed by atoms with Crippen LogP contribution >= 0.6 is 0 Å². The molecule has 0 aliphatic heterocycles. The molecule has 0 aliphatic rings. The molecule has 4 aromatic rings. The van der Waals surface area contributed by atoms with Crippen LogP contribution < -0.4 is 5.63 Å². The van der Waals surface area contributed by atoms with Crippen molar-refractivity contribution < 1.29 is 8.83 Å². The van der Waals surface area contributed by atoms with E-state index in [0.717, 1.165) is 27.3 Å². The summed E-state index contributed by atoms with van der Waals surface area (Å²) in [5.41, 5.74) is 1.89. The number of hydrogen-bond acceptors (Lipinski definition) is 3. The van der Waals surface area contributed by atoms with Gasteiger partial charge in [-0.3, -0.25) is 0 Å². The summed E-state index contributed by atoms with van der Waals surface area (Å²) >= 11 is 0. The lowest BCUT2D eigenvalue weighted by Crippen LogP contribution is -1.93. The number of benzene rings is 2. The summed E-state index contributed by atoms with van der Waals surface area (Å²) in [5, 5.41) is 2.93. The smallest absolute Gasteiger partial charge is 0.336 e. The zero-order valence-corrected chi connectivity index (χ0v) is 9.34. The van der Waals surface area contributed by atoms with Crippen molar-refractivity contribution in [2.24, 2.45) is 0 Å². The minimum Gasteiger partial charge on any atom is -0.456 e. The monoisotopic (exact) mass is 236 g/mol. The number of rotatable bonds is 0. The molecule has 18 heavy (non-hydrogen) atoms. The summed E-state index contributed by atoms with van der Waals surface area (Å²) < 4.78 is 11.0. The van der Waals surface area contributed by atoms with Gasteiger partial charge in [0.1, 0.15) is 16.7 Å². The van der Waals surface area contributed by atoms with Crippen LogP contribution in [0.5, 0.6) is 0 Å². The maximum atomic E-state index is 11.2. The average Bonchev–Trinajstić information content (AvgIpc) is 2.77. The Bertz CT molecular complexity index is 944. The first-order valence-corrected chi connectivity index (χ1v) is 5.67. The van der Waals surface area contributed by atoms with Gasteiger partial charge in [0.05, 0.1) is 0 Å². The summed E-state index contributed by atoms with van der Waals surface area (Å²) in [6.07, 6.45) is 0. The van der Waals surface area contributed by atoms with Crippen molar-refractivity contribution in [3.8, 4) is 0 Å². The minimum atomic E-state index is -0.338. The van der Waals surface area contributed by atoms with E-state index in [0.29, 0.717) is 5.58 Å². The molecule has 0 spiro atoms. The Labute approximate surface area is 101 Å². The van der Waals surface area contributed by atoms with Crippen LogP contribution in [0.1, 0.15) is 0 Å². The molecule has 0 atom stereocenters. The van der Waals surface area contributed by atoms with Gasteiger partial charge in [-0.1, -0.05) is 18.2 Å². The summed E-state index contributed by atoms with van der Waals surface area (Å²) in [6, 6.07) is 14.7. The molecule has 0 unspecified atom stereocenters. The van der Waals surface area contributed by atoms with Crippen molar-refractivity contribution in [1.29, 1.82) is 0 Å². The summed E-state index contributed by atoms with van der Waals surface area (Å²) in [5.74, 6) is 0. The molecule has 0 fully saturated rings. The quantitative estimate of drug-likeness (QED) is 0.437. The molecular weight excluding hydrogens is 228 g/mol. The van der Waals surface area contributed by atoms with Crippen LogP contribution in [0.2, 0.25) is 0 Å². The molecule has 2 heterocycles. The Balaban J connectivity index is 2.36. The third-order valence-electron chi connectivity index (χ3n) is 3.14. The zero-order chi connectivity index (χ0) is 12.1. The fourth-order valence-corrected chi connectivity index (χ4v) is 2.37. The van der Waals surface area contributed by atoms with Crippen molar-refractivity contribution in [2.75, 3.05) is 0 Å². The predicted molar refractivity (Wildman–Crippen MR) is 69.8 cm³/mol. The average molecular weight is 236 g/mol. The summed E-state index contributed by atoms with van der Waals surface area (Å²) in [6.45, 7) is 0. The Kier molecular flexibility index (Phi) is 1.70. The zero-order valence-electron chi connectivity index (χ0n) is 9.34. The molecule has 0 aliphatic carbocycles. The van der Waals surface area contributed by atoms with Gasteiger partial charge in [-0.05, 0) is 24.3 Å². The Morgan fingerprint density at radius 3 is 2.33 bits per heavy atom. The fourth-order valence-electron chi connectivity index (χ4n) is 2.37. The van der Waals surface area contributed by atoms with E-state index in [1.807, 2.05) is 30.3 Å². The molecule has 86 valence electrons. The molecule has 3 heteroatoms. The molecule has 0 N–H and O–H groups in total. The van der Waals surface area contributed by atoms with Crippen LogP contribution in [0.3, 0.4) is 0 Å². The Morgan fingerprint density at radius 1 is 0.667 bits per heavy atom. The standard InChI is InChI=1S/C15H8O3/c16-14-8-5-10-12(18-14)6-7-13-15(10)9-3-1-2-4-11(9)17-13/h1-8H. The molecule has 0 saturated carbocycles. The van der Waals surface area contributed by atoms with Crippen LogP contribution in [0.15, 0.2) is 62.2 Å². The highest BCUT2D eigenvalue weighted by molar-refractivity contribution is 6.17. The van der Waals surface area contributed by atoms with Gasteiger partial charge in [0.2, 0.25) is 0 Å². The summed E-state index contributed by atoms with van der Waals surface area (Å²) in [7, 11) is 0. The molecule has 0 bridgehead atoms. The van der Waals surface area contributed by atoms with Crippen LogP contribution in [-0.4, -0.2) is 0 Å². The lowest BCUT2D eigenvalue weighted by molar-refractivity contribution is 0.561. The van der Waals surface area contributed by atoms with Gasteiger partial charge in [-0.25, -0.2) is 4.79 Å². The number of hydrogen-bond donors (Lipinski definition) is 0. The Hall–Kier alpha value is -2.55. The highest BCUT2D eigenvalue weighted by Crippen LogP contribution is 2.33. The van der Waals surface area contributed by atoms with Gasteiger partial charge < -0.3 is 8.83 Å². The Morgan fingerprint density at radius 2 is 1.39 bits per heavy atom. The maximum absolute atomic E-state index is 11.2. The van der Waals surface area contributed by atoms with Crippen LogP contribution in [0.4, 0.5) is 0 Å². The fraction of sp³-hybridized carbons (Fsp3) is 0. The van der Waals surface area contributed by atoms with Gasteiger partial charge >= 0.3 is 5.63 Å². The molecule has 4 rings (SSSR count). The minimum absolute atomic E-state index is 0.338. The predicted octanol–water partition coefficient (Wildman–Crippen LogP) is 3.69. The lowest BCUT2D eigenvalue weighted by Gasteiger charge is -1.96. The maximum Gasteiger partial charge on any atom is 0.336 e. The lowest BCUT2D eigenvalue weighted by atomic mass is 10.1. The normalized spacial score (nSPS) is 11.6. The van der Waals surface area contributed by atoms with Crippen molar-refractivity contribution in [3.63, 3.8) is 0 Å². The van der Waals surface area contributed by atoms with E-state index in [9.17, 15) is 4.79 Å². The van der Waals surface area contributed by atoms with E-state index in [4.69, 9.17) is 8.83 Å². The van der Waals surface area contributed by atoms with Gasteiger partial charge in [-0.2, -0.15) is 0 Å². The van der Waals surface area contributed by atoms with E-state index < -0.39 is 0 Å². The molecule has 3 nitrogen and oxygen atoms in total. The number of para-hydroxylation sites is 1. The first kappa shape index (κ1) is 9.48. The topological polar surface area (TPSA) is 43.4 Å². The third kappa shape index (κ3) is 1.16. The van der Waals surface area contributed by atoms with Crippen molar-refractivity contribution in [3.05, 3.63) is 59.0 Å². The SMILES string of the molecule is O=c1ccc2c(ccc3oc4ccccc4c32)o1. The van der Waals surface area contributed by atoms with Crippen LogP contribution in [0.25, 0.3) is 32.9 Å². The highest BCUT2D eigenvalue weighted by Gasteiger charge is 2.10. The van der Waals surface area contributed by atoms with E-state index in [2.05, 4.69) is 0 Å². The second-order valence-corrected chi connectivity index (χ2v) is 4.20. The van der Waals surface area contributed by atoms with E-state index in [1.54, 1.807) is 12.1 Å². The second-order valence-electron chi connectivity index (χ2n) is 4.20. The molecule has 2 aromatic heterocycles. The summed E-state index contributed by atoms with van der Waals surface area (Å²) in [4.78, 5) is 11.2. The van der Waals surface area contributed by atoms with Gasteiger partial charge in [-0.15, -0.1) is 0 Å². The van der Waals surface area contributed by atoms with E-state index in [-0.39, 0.29) is 5.63 Å². The molecule has 0 saturated heterocycles. The third-order valence-corrected chi connectivity index (χ3v) is 3.14. The van der Waals surface area contributed by atoms with Gasteiger partial charge in [0.25, 0.3) is 0 Å². The molecule has 2 aromatic carbocycles. The number of fused-ring (bicyclic) bond motifs is 5. The number of furan rings is 1.